The van der Waals surface area contributed by atoms with Crippen LogP contribution < -0.4 is 10.5 Å². The van der Waals surface area contributed by atoms with Gasteiger partial charge in [-0.2, -0.15) is 0 Å². The van der Waals surface area contributed by atoms with Crippen LogP contribution in [0.5, 0.6) is 5.75 Å². The SMILES string of the molecule is N/C(=N\O)c1ccc(COc2cc(Cl)ccc2Cl)cc1. The van der Waals surface area contributed by atoms with E-state index in [0.717, 1.165) is 5.56 Å². The van der Waals surface area contributed by atoms with Crippen molar-refractivity contribution in [3.8, 4) is 5.75 Å². The Hall–Kier alpha value is -1.91. The van der Waals surface area contributed by atoms with E-state index in [1.54, 1.807) is 30.3 Å². The Morgan fingerprint density at radius 2 is 1.85 bits per heavy atom. The van der Waals surface area contributed by atoms with E-state index < -0.39 is 0 Å². The number of rotatable bonds is 4. The summed E-state index contributed by atoms with van der Waals surface area (Å²) in [5.74, 6) is 0.593. The van der Waals surface area contributed by atoms with Gasteiger partial charge in [-0.1, -0.05) is 52.6 Å². The van der Waals surface area contributed by atoms with E-state index in [1.807, 2.05) is 12.1 Å². The fourth-order valence-corrected chi connectivity index (χ4v) is 1.91. The Labute approximate surface area is 126 Å². The average molecular weight is 311 g/mol. The van der Waals surface area contributed by atoms with E-state index in [9.17, 15) is 0 Å². The number of hydrogen-bond donors (Lipinski definition) is 2. The molecule has 0 aromatic heterocycles. The van der Waals surface area contributed by atoms with Crippen LogP contribution in [0.1, 0.15) is 11.1 Å². The highest BCUT2D eigenvalue weighted by atomic mass is 35.5. The minimum Gasteiger partial charge on any atom is -0.487 e. The van der Waals surface area contributed by atoms with Gasteiger partial charge < -0.3 is 15.7 Å². The van der Waals surface area contributed by atoms with Crippen LogP contribution in [0.4, 0.5) is 0 Å². The number of amidine groups is 1. The third kappa shape index (κ3) is 3.56. The van der Waals surface area contributed by atoms with E-state index >= 15 is 0 Å². The van der Waals surface area contributed by atoms with Crippen LogP contribution in [0.25, 0.3) is 0 Å². The number of halogens is 2. The highest BCUT2D eigenvalue weighted by Crippen LogP contribution is 2.28. The summed E-state index contributed by atoms with van der Waals surface area (Å²) in [6, 6.07) is 12.2. The topological polar surface area (TPSA) is 67.8 Å². The van der Waals surface area contributed by atoms with Crippen molar-refractivity contribution in [3.63, 3.8) is 0 Å². The number of hydrogen-bond acceptors (Lipinski definition) is 3. The zero-order chi connectivity index (χ0) is 14.5. The molecule has 0 bridgehead atoms. The molecule has 0 unspecified atom stereocenters. The third-order valence-electron chi connectivity index (χ3n) is 2.65. The van der Waals surface area contributed by atoms with Gasteiger partial charge >= 0.3 is 0 Å². The minimum atomic E-state index is 0.0651. The maximum atomic E-state index is 8.58. The van der Waals surface area contributed by atoms with Crippen LogP contribution in [0.15, 0.2) is 47.6 Å². The average Bonchev–Trinajstić information content (AvgIpc) is 2.48. The van der Waals surface area contributed by atoms with Crippen LogP contribution in [-0.2, 0) is 6.61 Å². The summed E-state index contributed by atoms with van der Waals surface area (Å²) >= 11 is 11.9. The Kier molecular flexibility index (Phi) is 4.71. The number of nitrogens with zero attached hydrogens (tertiary/aromatic N) is 1. The second kappa shape index (κ2) is 6.50. The predicted octanol–water partition coefficient (Wildman–Crippen LogP) is 3.67. The van der Waals surface area contributed by atoms with Crippen LogP contribution in [0, 0.1) is 0 Å². The molecule has 20 heavy (non-hydrogen) atoms. The second-order valence-electron chi connectivity index (χ2n) is 4.05. The van der Waals surface area contributed by atoms with Crippen molar-refractivity contribution in [2.45, 2.75) is 6.61 Å². The molecule has 0 radical (unpaired) electrons. The number of benzene rings is 2. The van der Waals surface area contributed by atoms with E-state index in [4.69, 9.17) is 38.9 Å². The minimum absolute atomic E-state index is 0.0651. The molecule has 0 aliphatic heterocycles. The first-order valence-corrected chi connectivity index (χ1v) is 6.50. The molecule has 0 spiro atoms. The van der Waals surface area contributed by atoms with E-state index in [0.29, 0.717) is 28.0 Å². The van der Waals surface area contributed by atoms with Gasteiger partial charge in [-0.05, 0) is 17.7 Å². The van der Waals surface area contributed by atoms with Crippen molar-refractivity contribution in [2.75, 3.05) is 0 Å². The van der Waals surface area contributed by atoms with Crippen LogP contribution in [0.2, 0.25) is 10.0 Å². The van der Waals surface area contributed by atoms with E-state index in [2.05, 4.69) is 5.16 Å². The molecule has 0 aliphatic carbocycles. The number of nitrogens with two attached hydrogens (primary N) is 1. The standard InChI is InChI=1S/C14H12Cl2N2O2/c15-11-5-6-12(16)13(7-11)20-8-9-1-3-10(4-2-9)14(17)18-19/h1-7,19H,8H2,(H2,17,18). The van der Waals surface area contributed by atoms with Gasteiger partial charge in [-0.25, -0.2) is 0 Å². The first kappa shape index (κ1) is 14.5. The molecule has 4 nitrogen and oxygen atoms in total. The van der Waals surface area contributed by atoms with Crippen molar-refractivity contribution in [2.24, 2.45) is 10.9 Å². The molecule has 0 heterocycles. The third-order valence-corrected chi connectivity index (χ3v) is 3.19. The fourth-order valence-electron chi connectivity index (χ4n) is 1.58. The van der Waals surface area contributed by atoms with Crippen molar-refractivity contribution < 1.29 is 9.94 Å². The summed E-state index contributed by atoms with van der Waals surface area (Å²) in [5, 5.41) is 12.6. The molecule has 2 aromatic carbocycles. The zero-order valence-corrected chi connectivity index (χ0v) is 11.9. The number of ether oxygens (including phenoxy) is 1. The van der Waals surface area contributed by atoms with Gasteiger partial charge in [-0.15, -0.1) is 0 Å². The zero-order valence-electron chi connectivity index (χ0n) is 10.4. The quantitative estimate of drug-likeness (QED) is 0.392. The van der Waals surface area contributed by atoms with E-state index in [1.165, 1.54) is 0 Å². The first-order chi connectivity index (χ1) is 9.60. The number of oxime groups is 1. The molecule has 0 saturated carbocycles. The summed E-state index contributed by atoms with van der Waals surface area (Å²) in [6.45, 7) is 0.344. The van der Waals surface area contributed by atoms with Crippen molar-refractivity contribution >= 4 is 29.0 Å². The molecule has 2 aromatic rings. The lowest BCUT2D eigenvalue weighted by Gasteiger charge is -2.09. The van der Waals surface area contributed by atoms with Crippen LogP contribution in [0.3, 0.4) is 0 Å². The molecule has 6 heteroatoms. The lowest BCUT2D eigenvalue weighted by Crippen LogP contribution is -2.12. The Balaban J connectivity index is 2.06. The summed E-state index contributed by atoms with van der Waals surface area (Å²) in [4.78, 5) is 0. The largest absolute Gasteiger partial charge is 0.487 e. The Bertz CT molecular complexity index is 628. The summed E-state index contributed by atoms with van der Waals surface area (Å²) in [7, 11) is 0. The molecular weight excluding hydrogens is 299 g/mol. The maximum Gasteiger partial charge on any atom is 0.170 e. The molecule has 2 rings (SSSR count). The summed E-state index contributed by atoms with van der Waals surface area (Å²) in [5.41, 5.74) is 7.05. The van der Waals surface area contributed by atoms with Crippen LogP contribution >= 0.6 is 23.2 Å². The highest BCUT2D eigenvalue weighted by molar-refractivity contribution is 6.34. The lowest BCUT2D eigenvalue weighted by molar-refractivity contribution is 0.306. The predicted molar refractivity (Wildman–Crippen MR) is 79.7 cm³/mol. The van der Waals surface area contributed by atoms with Gasteiger partial charge in [0.15, 0.2) is 5.84 Å². The lowest BCUT2D eigenvalue weighted by atomic mass is 10.1. The van der Waals surface area contributed by atoms with Crippen molar-refractivity contribution in [1.82, 2.24) is 0 Å². The smallest absolute Gasteiger partial charge is 0.170 e. The molecule has 104 valence electrons. The van der Waals surface area contributed by atoms with Crippen LogP contribution in [-0.4, -0.2) is 11.0 Å². The normalized spacial score (nSPS) is 11.4. The molecule has 0 aliphatic rings. The van der Waals surface area contributed by atoms with Gasteiger partial charge in [-0.3, -0.25) is 0 Å². The van der Waals surface area contributed by atoms with Gasteiger partial charge in [0.25, 0.3) is 0 Å². The molecule has 3 N–H and O–H groups in total. The first-order valence-electron chi connectivity index (χ1n) is 5.75. The second-order valence-corrected chi connectivity index (χ2v) is 4.89. The molecule has 0 fully saturated rings. The molecule has 0 amide bonds. The van der Waals surface area contributed by atoms with E-state index in [-0.39, 0.29) is 5.84 Å². The fraction of sp³-hybridized carbons (Fsp3) is 0.0714. The van der Waals surface area contributed by atoms with Crippen molar-refractivity contribution in [1.29, 1.82) is 0 Å². The molecular formula is C14H12Cl2N2O2. The monoisotopic (exact) mass is 310 g/mol. The molecule has 0 atom stereocenters. The van der Waals surface area contributed by atoms with Gasteiger partial charge in [0.2, 0.25) is 0 Å². The van der Waals surface area contributed by atoms with Crippen molar-refractivity contribution in [3.05, 3.63) is 63.6 Å². The Morgan fingerprint density at radius 1 is 1.15 bits per heavy atom. The summed E-state index contributed by atoms with van der Waals surface area (Å²) in [6.07, 6.45) is 0. The van der Waals surface area contributed by atoms with Gasteiger partial charge in [0, 0.05) is 16.7 Å². The van der Waals surface area contributed by atoms with Gasteiger partial charge in [0.05, 0.1) is 5.02 Å². The highest BCUT2D eigenvalue weighted by Gasteiger charge is 2.04. The summed E-state index contributed by atoms with van der Waals surface area (Å²) < 4.78 is 5.60. The Morgan fingerprint density at radius 3 is 2.50 bits per heavy atom. The van der Waals surface area contributed by atoms with Gasteiger partial charge in [0.1, 0.15) is 12.4 Å². The molecule has 0 saturated heterocycles. The maximum absolute atomic E-state index is 8.58.